The van der Waals surface area contributed by atoms with Gasteiger partial charge in [-0.2, -0.15) is 0 Å². The van der Waals surface area contributed by atoms with Crippen LogP contribution in [0.4, 0.5) is 5.69 Å². The number of hydrogen-bond donors (Lipinski definition) is 2. The summed E-state index contributed by atoms with van der Waals surface area (Å²) in [6, 6.07) is 15.7. The van der Waals surface area contributed by atoms with Crippen molar-refractivity contribution in [3.8, 4) is 0 Å². The summed E-state index contributed by atoms with van der Waals surface area (Å²) >= 11 is 0. The molecule has 1 aromatic heterocycles. The van der Waals surface area contributed by atoms with Gasteiger partial charge in [-0.3, -0.25) is 9.71 Å². The number of rotatable bonds is 10. The van der Waals surface area contributed by atoms with Gasteiger partial charge < -0.3 is 9.84 Å². The fraction of sp³-hybridized carbons (Fsp3) is 0.400. The Bertz CT molecular complexity index is 1480. The van der Waals surface area contributed by atoms with Crippen molar-refractivity contribution in [3.63, 3.8) is 0 Å². The van der Waals surface area contributed by atoms with Gasteiger partial charge >= 0.3 is 5.97 Å². The third kappa shape index (κ3) is 5.14. The number of nitrogens with one attached hydrogen (secondary N) is 1. The minimum atomic E-state index is -3.93. The van der Waals surface area contributed by atoms with E-state index in [9.17, 15) is 18.3 Å². The van der Waals surface area contributed by atoms with Gasteiger partial charge in [0, 0.05) is 29.6 Å². The zero-order valence-electron chi connectivity index (χ0n) is 21.8. The first-order valence-electron chi connectivity index (χ1n) is 13.4. The number of aliphatic hydroxyl groups is 1. The first kappa shape index (κ1) is 26.2. The lowest BCUT2D eigenvalue weighted by atomic mass is 9.79. The van der Waals surface area contributed by atoms with Gasteiger partial charge in [-0.05, 0) is 61.4 Å². The molecule has 1 atom stereocenters. The molecule has 2 N–H and O–H groups in total. The zero-order valence-corrected chi connectivity index (χ0v) is 22.6. The van der Waals surface area contributed by atoms with E-state index in [2.05, 4.69) is 23.6 Å². The quantitative estimate of drug-likeness (QED) is 0.283. The largest absolute Gasteiger partial charge is 0.512 e. The van der Waals surface area contributed by atoms with Gasteiger partial charge in [-0.25, -0.2) is 13.2 Å². The van der Waals surface area contributed by atoms with E-state index >= 15 is 0 Å². The first-order chi connectivity index (χ1) is 18.3. The van der Waals surface area contributed by atoms with E-state index in [-0.39, 0.29) is 22.5 Å². The third-order valence-electron chi connectivity index (χ3n) is 7.53. The van der Waals surface area contributed by atoms with E-state index in [1.807, 2.05) is 18.2 Å². The molecule has 1 aliphatic carbocycles. The maximum atomic E-state index is 13.4. The summed E-state index contributed by atoms with van der Waals surface area (Å²) in [5.74, 6) is -0.515. The lowest BCUT2D eigenvalue weighted by molar-refractivity contribution is -0.161. The molecule has 2 aromatic carbocycles. The monoisotopic (exact) mass is 534 g/mol. The topological polar surface area (TPSA) is 106 Å². The molecule has 5 rings (SSSR count). The molecule has 38 heavy (non-hydrogen) atoms. The second-order valence-corrected chi connectivity index (χ2v) is 12.1. The highest BCUT2D eigenvalue weighted by Gasteiger charge is 2.46. The summed E-state index contributed by atoms with van der Waals surface area (Å²) in [7, 11) is -3.93. The molecule has 1 fully saturated rings. The zero-order chi connectivity index (χ0) is 26.9. The Hall–Kier alpha value is -3.39. The smallest absolute Gasteiger partial charge is 0.338 e. The minimum Gasteiger partial charge on any atom is -0.512 e. The normalized spacial score (nSPS) is 18.3. The number of carbonyl (C=O) groups excluding carboxylic acids is 1. The molecule has 2 heterocycles. The molecule has 0 amide bonds. The lowest BCUT2D eigenvalue weighted by Crippen LogP contribution is -2.41. The average Bonchev–Trinajstić information content (AvgIpc) is 3.71. The number of carbonyl (C=O) groups is 1. The van der Waals surface area contributed by atoms with E-state index < -0.39 is 21.6 Å². The molecule has 200 valence electrons. The highest BCUT2D eigenvalue weighted by Crippen LogP contribution is 2.50. The summed E-state index contributed by atoms with van der Waals surface area (Å²) in [6.07, 6.45) is 6.88. The summed E-state index contributed by atoms with van der Waals surface area (Å²) in [6.45, 7) is 4.10. The van der Waals surface area contributed by atoms with Crippen LogP contribution in [0.3, 0.4) is 0 Å². The van der Waals surface area contributed by atoms with E-state index in [0.717, 1.165) is 36.6 Å². The predicted octanol–water partition coefficient (Wildman–Crippen LogP) is 6.63. The molecule has 0 radical (unpaired) electrons. The van der Waals surface area contributed by atoms with Crippen LogP contribution in [0.5, 0.6) is 0 Å². The van der Waals surface area contributed by atoms with Gasteiger partial charge in [0.05, 0.1) is 11.1 Å². The van der Waals surface area contributed by atoms with Crippen molar-refractivity contribution in [2.45, 2.75) is 75.2 Å². The van der Waals surface area contributed by atoms with Gasteiger partial charge in [0.15, 0.2) is 0 Å². The van der Waals surface area contributed by atoms with E-state index in [0.29, 0.717) is 36.0 Å². The predicted molar refractivity (Wildman–Crippen MR) is 147 cm³/mol. The second kappa shape index (κ2) is 10.4. The van der Waals surface area contributed by atoms with Gasteiger partial charge in [-0.15, -0.1) is 0 Å². The lowest BCUT2D eigenvalue weighted by Gasteiger charge is -2.38. The van der Waals surface area contributed by atoms with Crippen molar-refractivity contribution in [2.24, 2.45) is 5.92 Å². The van der Waals surface area contributed by atoms with Crippen molar-refractivity contribution >= 4 is 32.6 Å². The highest BCUT2D eigenvalue weighted by atomic mass is 32.2. The van der Waals surface area contributed by atoms with Crippen molar-refractivity contribution in [2.75, 3.05) is 4.72 Å². The number of aromatic nitrogens is 1. The first-order valence-corrected chi connectivity index (χ1v) is 14.9. The van der Waals surface area contributed by atoms with Crippen LogP contribution in [-0.2, 0) is 19.6 Å². The van der Waals surface area contributed by atoms with E-state index in [1.165, 1.54) is 6.07 Å². The van der Waals surface area contributed by atoms with E-state index in [1.54, 1.807) is 36.5 Å². The van der Waals surface area contributed by atoms with Crippen molar-refractivity contribution in [1.29, 1.82) is 0 Å². The number of cyclic esters (lactones) is 1. The third-order valence-corrected chi connectivity index (χ3v) is 8.94. The number of pyridine rings is 1. The fourth-order valence-corrected chi connectivity index (χ4v) is 7.06. The minimum absolute atomic E-state index is 0.0964. The van der Waals surface area contributed by atoms with Crippen LogP contribution in [-0.4, -0.2) is 30.1 Å². The fourth-order valence-electron chi connectivity index (χ4n) is 5.83. The molecule has 0 saturated heterocycles. The number of nitrogens with zero attached hydrogens (tertiary/aromatic N) is 1. The second-order valence-electron chi connectivity index (χ2n) is 10.5. The molecule has 1 saturated carbocycles. The van der Waals surface area contributed by atoms with Crippen LogP contribution >= 0.6 is 0 Å². The maximum absolute atomic E-state index is 13.4. The van der Waals surface area contributed by atoms with Crippen LogP contribution in [0.15, 0.2) is 77.0 Å². The number of fused-ring (bicyclic) bond motifs is 1. The van der Waals surface area contributed by atoms with Gasteiger partial charge in [0.25, 0.3) is 10.0 Å². The Labute approximate surface area is 224 Å². The van der Waals surface area contributed by atoms with Crippen LogP contribution < -0.4 is 4.72 Å². The van der Waals surface area contributed by atoms with Crippen LogP contribution in [0, 0.1) is 5.92 Å². The summed E-state index contributed by atoms with van der Waals surface area (Å²) in [5.41, 5.74) is 1.22. The number of esters is 1. The molecule has 8 heteroatoms. The number of benzene rings is 2. The molecule has 0 bridgehead atoms. The Balaban J connectivity index is 1.48. The number of aliphatic hydroxyl groups excluding tert-OH is 1. The Morgan fingerprint density at radius 1 is 1.08 bits per heavy atom. The number of ether oxygens (including phenoxy) is 1. The highest BCUT2D eigenvalue weighted by molar-refractivity contribution is 7.93. The van der Waals surface area contributed by atoms with Crippen LogP contribution in [0.25, 0.3) is 10.9 Å². The molecule has 3 aromatic rings. The number of hydrogen-bond acceptors (Lipinski definition) is 6. The molecule has 2 aliphatic rings. The number of anilines is 1. The number of sulfonamides is 1. The van der Waals surface area contributed by atoms with Gasteiger partial charge in [-0.1, -0.05) is 57.0 Å². The summed E-state index contributed by atoms with van der Waals surface area (Å²) in [4.78, 5) is 17.8. The average molecular weight is 535 g/mol. The Kier molecular flexibility index (Phi) is 7.18. The van der Waals surface area contributed by atoms with Crippen molar-refractivity contribution in [1.82, 2.24) is 4.98 Å². The molecule has 1 aliphatic heterocycles. The molecule has 7 nitrogen and oxygen atoms in total. The van der Waals surface area contributed by atoms with Crippen LogP contribution in [0.2, 0.25) is 0 Å². The molecular weight excluding hydrogens is 500 g/mol. The van der Waals surface area contributed by atoms with Crippen LogP contribution in [0.1, 0.15) is 70.3 Å². The van der Waals surface area contributed by atoms with E-state index in [4.69, 9.17) is 4.74 Å². The molecular formula is C30H34N2O5S. The van der Waals surface area contributed by atoms with Crippen molar-refractivity contribution in [3.05, 3.63) is 77.7 Å². The Morgan fingerprint density at radius 2 is 1.79 bits per heavy atom. The standard InChI is InChI=1S/C30H34N2O5S/c1-3-15-30(16-4-2)19-24(33)27(29(34)37-30)26(20-13-14-20)22-9-5-11-23(18-22)32-38(35,36)25-12-6-8-21-10-7-17-31-28(21)25/h5-12,17-18,20,26,32-33H,3-4,13-16,19H2,1-2H3. The SMILES string of the molecule is CCCC1(CCC)CC(O)=C(C(c2cccc(NS(=O)(=O)c3cccc4cccnc34)c2)C2CC2)C(=O)O1. The van der Waals surface area contributed by atoms with Crippen molar-refractivity contribution < 1.29 is 23.1 Å². The van der Waals surface area contributed by atoms with Gasteiger partial charge in [0.2, 0.25) is 0 Å². The Morgan fingerprint density at radius 3 is 2.47 bits per heavy atom. The number of para-hydroxylation sites is 1. The summed E-state index contributed by atoms with van der Waals surface area (Å²) < 4.78 is 35.5. The molecule has 1 unspecified atom stereocenters. The maximum Gasteiger partial charge on any atom is 0.338 e. The van der Waals surface area contributed by atoms with Gasteiger partial charge in [0.1, 0.15) is 16.3 Å². The summed E-state index contributed by atoms with van der Waals surface area (Å²) in [5, 5.41) is 11.9. The molecule has 0 spiro atoms.